The SMILES string of the molecule is O=C(OCc1nc2ccccc2n1C(=O)c1ccco1)c1ccco1. The van der Waals surface area contributed by atoms with Crippen molar-refractivity contribution in [3.05, 3.63) is 78.4 Å². The first kappa shape index (κ1) is 14.9. The van der Waals surface area contributed by atoms with Crippen molar-refractivity contribution in [2.45, 2.75) is 6.61 Å². The number of para-hydroxylation sites is 2. The molecule has 0 saturated heterocycles. The Bertz CT molecular complexity index is 1030. The summed E-state index contributed by atoms with van der Waals surface area (Å²) in [5.41, 5.74) is 1.22. The van der Waals surface area contributed by atoms with Crippen molar-refractivity contribution in [2.24, 2.45) is 0 Å². The number of esters is 1. The number of carbonyl (C=O) groups is 2. The van der Waals surface area contributed by atoms with Crippen LogP contribution < -0.4 is 0 Å². The first-order chi connectivity index (χ1) is 12.2. The van der Waals surface area contributed by atoms with Crippen molar-refractivity contribution in [2.75, 3.05) is 0 Å². The van der Waals surface area contributed by atoms with Crippen molar-refractivity contribution in [1.82, 2.24) is 9.55 Å². The smallest absolute Gasteiger partial charge is 0.374 e. The molecule has 3 heterocycles. The Morgan fingerprint density at radius 2 is 1.68 bits per heavy atom. The largest absolute Gasteiger partial charge is 0.459 e. The number of nitrogens with zero attached hydrogens (tertiary/aromatic N) is 2. The first-order valence-electron chi connectivity index (χ1n) is 7.49. The zero-order valence-electron chi connectivity index (χ0n) is 12.9. The van der Waals surface area contributed by atoms with Gasteiger partial charge in [0.1, 0.15) is 0 Å². The summed E-state index contributed by atoms with van der Waals surface area (Å²) in [5.74, 6) is -0.471. The lowest BCUT2D eigenvalue weighted by Gasteiger charge is -2.06. The molecule has 4 rings (SSSR count). The van der Waals surface area contributed by atoms with Gasteiger partial charge in [-0.15, -0.1) is 0 Å². The van der Waals surface area contributed by atoms with Gasteiger partial charge in [-0.3, -0.25) is 9.36 Å². The van der Waals surface area contributed by atoms with Gasteiger partial charge in [0.15, 0.2) is 18.2 Å². The number of aromatic nitrogens is 2. The number of carbonyl (C=O) groups excluding carboxylic acids is 2. The van der Waals surface area contributed by atoms with E-state index in [1.807, 2.05) is 6.07 Å². The Morgan fingerprint density at radius 1 is 0.960 bits per heavy atom. The van der Waals surface area contributed by atoms with E-state index in [2.05, 4.69) is 4.98 Å². The van der Waals surface area contributed by atoms with E-state index < -0.39 is 5.97 Å². The summed E-state index contributed by atoms with van der Waals surface area (Å²) < 4.78 is 16.8. The molecule has 0 aliphatic rings. The number of rotatable bonds is 4. The molecule has 0 unspecified atom stereocenters. The molecular weight excluding hydrogens is 324 g/mol. The molecule has 124 valence electrons. The summed E-state index contributed by atoms with van der Waals surface area (Å²) in [4.78, 5) is 29.1. The lowest BCUT2D eigenvalue weighted by Crippen LogP contribution is -2.16. The van der Waals surface area contributed by atoms with Gasteiger partial charge in [-0.25, -0.2) is 9.78 Å². The number of imidazole rings is 1. The number of furan rings is 2. The van der Waals surface area contributed by atoms with Crippen LogP contribution in [0.15, 0.2) is 69.9 Å². The van der Waals surface area contributed by atoms with E-state index >= 15 is 0 Å². The maximum Gasteiger partial charge on any atom is 0.374 e. The third kappa shape index (κ3) is 2.72. The van der Waals surface area contributed by atoms with Crippen molar-refractivity contribution in [3.63, 3.8) is 0 Å². The molecular formula is C18H12N2O5. The van der Waals surface area contributed by atoms with Crippen LogP contribution in [-0.4, -0.2) is 21.4 Å². The molecule has 3 aromatic heterocycles. The molecule has 4 aromatic rings. The number of hydrogen-bond donors (Lipinski definition) is 0. The molecule has 0 aliphatic heterocycles. The predicted molar refractivity (Wildman–Crippen MR) is 86.0 cm³/mol. The Kier molecular flexibility index (Phi) is 3.66. The van der Waals surface area contributed by atoms with Gasteiger partial charge in [-0.1, -0.05) is 12.1 Å². The van der Waals surface area contributed by atoms with Crippen LogP contribution in [0, 0.1) is 0 Å². The molecule has 0 atom stereocenters. The van der Waals surface area contributed by atoms with Crippen LogP contribution in [0.5, 0.6) is 0 Å². The van der Waals surface area contributed by atoms with E-state index in [4.69, 9.17) is 13.6 Å². The van der Waals surface area contributed by atoms with Crippen LogP contribution >= 0.6 is 0 Å². The van der Waals surface area contributed by atoms with Crippen LogP contribution in [0.1, 0.15) is 26.9 Å². The van der Waals surface area contributed by atoms with Gasteiger partial charge in [0, 0.05) is 0 Å². The molecule has 1 aromatic carbocycles. The second-order valence-electron chi connectivity index (χ2n) is 5.19. The summed E-state index contributed by atoms with van der Waals surface area (Å²) in [5, 5.41) is 0. The maximum atomic E-state index is 12.7. The molecule has 0 bridgehead atoms. The summed E-state index contributed by atoms with van der Waals surface area (Å²) in [6, 6.07) is 13.4. The summed E-state index contributed by atoms with van der Waals surface area (Å²) >= 11 is 0. The average Bonchev–Trinajstić information content (AvgIpc) is 3.39. The van der Waals surface area contributed by atoms with E-state index in [1.54, 1.807) is 36.4 Å². The highest BCUT2D eigenvalue weighted by Crippen LogP contribution is 2.19. The fraction of sp³-hybridized carbons (Fsp3) is 0.0556. The molecule has 0 saturated carbocycles. The van der Waals surface area contributed by atoms with E-state index in [1.165, 1.54) is 23.2 Å². The minimum absolute atomic E-state index is 0.0834. The van der Waals surface area contributed by atoms with Crippen LogP contribution in [0.25, 0.3) is 11.0 Å². The van der Waals surface area contributed by atoms with Gasteiger partial charge in [0.05, 0.1) is 23.6 Å². The summed E-state index contributed by atoms with van der Waals surface area (Å²) in [6.07, 6.45) is 2.80. The van der Waals surface area contributed by atoms with Crippen LogP contribution in [-0.2, 0) is 11.3 Å². The van der Waals surface area contributed by atoms with Gasteiger partial charge in [-0.2, -0.15) is 0 Å². The highest BCUT2D eigenvalue weighted by atomic mass is 16.5. The minimum Gasteiger partial charge on any atom is -0.459 e. The number of benzene rings is 1. The highest BCUT2D eigenvalue weighted by Gasteiger charge is 2.21. The lowest BCUT2D eigenvalue weighted by atomic mass is 10.3. The van der Waals surface area contributed by atoms with E-state index in [9.17, 15) is 9.59 Å². The molecule has 0 amide bonds. The molecule has 0 radical (unpaired) electrons. The topological polar surface area (TPSA) is 87.5 Å². The van der Waals surface area contributed by atoms with Crippen molar-refractivity contribution < 1.29 is 23.2 Å². The monoisotopic (exact) mass is 336 g/mol. The lowest BCUT2D eigenvalue weighted by molar-refractivity contribution is 0.0420. The van der Waals surface area contributed by atoms with Gasteiger partial charge in [-0.05, 0) is 36.4 Å². The fourth-order valence-electron chi connectivity index (χ4n) is 2.51. The van der Waals surface area contributed by atoms with Gasteiger partial charge >= 0.3 is 5.97 Å². The van der Waals surface area contributed by atoms with Gasteiger partial charge < -0.3 is 13.6 Å². The second-order valence-corrected chi connectivity index (χ2v) is 5.19. The van der Waals surface area contributed by atoms with Gasteiger partial charge in [0.2, 0.25) is 5.76 Å². The third-order valence-electron chi connectivity index (χ3n) is 3.62. The Hall–Kier alpha value is -3.61. The summed E-state index contributed by atoms with van der Waals surface area (Å²) in [6.45, 7) is -0.180. The Labute approximate surface area is 141 Å². The molecule has 0 aliphatic carbocycles. The zero-order valence-corrected chi connectivity index (χ0v) is 12.9. The summed E-state index contributed by atoms with van der Waals surface area (Å²) in [7, 11) is 0. The fourth-order valence-corrected chi connectivity index (χ4v) is 2.51. The van der Waals surface area contributed by atoms with Crippen LogP contribution in [0.3, 0.4) is 0 Å². The normalized spacial score (nSPS) is 10.9. The standard InChI is InChI=1S/C18H12N2O5/c21-17(14-7-3-9-23-14)20-13-6-2-1-5-12(13)19-16(20)11-25-18(22)15-8-4-10-24-15/h1-10H,11H2. The average molecular weight is 336 g/mol. The molecule has 7 nitrogen and oxygen atoms in total. The molecule has 25 heavy (non-hydrogen) atoms. The quantitative estimate of drug-likeness (QED) is 0.532. The highest BCUT2D eigenvalue weighted by molar-refractivity contribution is 5.99. The van der Waals surface area contributed by atoms with E-state index in [0.717, 1.165) is 0 Å². The number of hydrogen-bond acceptors (Lipinski definition) is 6. The third-order valence-corrected chi connectivity index (χ3v) is 3.62. The second kappa shape index (κ2) is 6.12. The van der Waals surface area contributed by atoms with Gasteiger partial charge in [0.25, 0.3) is 5.91 Å². The Balaban J connectivity index is 1.69. The number of fused-ring (bicyclic) bond motifs is 1. The van der Waals surface area contributed by atoms with Crippen LogP contribution in [0.2, 0.25) is 0 Å². The molecule has 0 N–H and O–H groups in total. The molecule has 7 heteroatoms. The van der Waals surface area contributed by atoms with Crippen LogP contribution in [0.4, 0.5) is 0 Å². The molecule has 0 fully saturated rings. The predicted octanol–water partition coefficient (Wildman–Crippen LogP) is 3.27. The zero-order chi connectivity index (χ0) is 17.2. The first-order valence-corrected chi connectivity index (χ1v) is 7.49. The molecule has 0 spiro atoms. The van der Waals surface area contributed by atoms with Crippen molar-refractivity contribution >= 4 is 22.9 Å². The van der Waals surface area contributed by atoms with E-state index in [-0.39, 0.29) is 24.0 Å². The van der Waals surface area contributed by atoms with E-state index in [0.29, 0.717) is 16.9 Å². The van der Waals surface area contributed by atoms with Crippen molar-refractivity contribution in [3.8, 4) is 0 Å². The van der Waals surface area contributed by atoms with Crippen molar-refractivity contribution in [1.29, 1.82) is 0 Å². The number of ether oxygens (including phenoxy) is 1. The minimum atomic E-state index is -0.631. The maximum absolute atomic E-state index is 12.7. The Morgan fingerprint density at radius 3 is 2.40 bits per heavy atom.